The summed E-state index contributed by atoms with van der Waals surface area (Å²) < 4.78 is 5.60. The highest BCUT2D eigenvalue weighted by Crippen LogP contribution is 2.28. The fourth-order valence-electron chi connectivity index (χ4n) is 1.82. The second-order valence-electron chi connectivity index (χ2n) is 4.52. The highest BCUT2D eigenvalue weighted by molar-refractivity contribution is 5.90. The number of aromatic nitrogens is 3. The summed E-state index contributed by atoms with van der Waals surface area (Å²) in [5.41, 5.74) is 1.11. The van der Waals surface area contributed by atoms with E-state index in [1.807, 2.05) is 24.3 Å². The number of anilines is 1. The van der Waals surface area contributed by atoms with Gasteiger partial charge in [-0.2, -0.15) is 10.1 Å². The van der Waals surface area contributed by atoms with Gasteiger partial charge in [-0.3, -0.25) is 10.1 Å². The largest absolute Gasteiger partial charge is 0.483 e. The molecule has 1 amide bonds. The molecule has 6 nitrogen and oxygen atoms in total. The average Bonchev–Trinajstić information content (AvgIpc) is 2.97. The standard InChI is InChI=1S/C14H18N4O2/c1-3-10(2)11-6-4-5-7-12(11)20-8-13(19)17-14-15-9-16-18-14/h4-7,9-10H,3,8H2,1-2H3,(H2,15,16,17,18,19). The van der Waals surface area contributed by atoms with E-state index in [0.29, 0.717) is 11.9 Å². The molecule has 1 unspecified atom stereocenters. The van der Waals surface area contributed by atoms with Gasteiger partial charge >= 0.3 is 0 Å². The quantitative estimate of drug-likeness (QED) is 0.847. The summed E-state index contributed by atoms with van der Waals surface area (Å²) in [6.07, 6.45) is 2.35. The van der Waals surface area contributed by atoms with Crippen LogP contribution in [-0.2, 0) is 4.79 Å². The highest BCUT2D eigenvalue weighted by Gasteiger charge is 2.11. The third-order valence-electron chi connectivity index (χ3n) is 3.09. The molecule has 1 aromatic heterocycles. The third-order valence-corrected chi connectivity index (χ3v) is 3.09. The summed E-state index contributed by atoms with van der Waals surface area (Å²) >= 11 is 0. The first-order chi connectivity index (χ1) is 9.70. The molecule has 0 aliphatic rings. The lowest BCUT2D eigenvalue weighted by molar-refractivity contribution is -0.118. The molecule has 1 atom stereocenters. The van der Waals surface area contributed by atoms with Gasteiger partial charge in [-0.05, 0) is 24.0 Å². The van der Waals surface area contributed by atoms with Gasteiger partial charge in [0.15, 0.2) is 6.61 Å². The summed E-state index contributed by atoms with van der Waals surface area (Å²) in [6.45, 7) is 4.20. The Morgan fingerprint density at radius 1 is 1.45 bits per heavy atom. The maximum Gasteiger partial charge on any atom is 0.264 e. The molecule has 0 fully saturated rings. The topological polar surface area (TPSA) is 79.9 Å². The van der Waals surface area contributed by atoms with Crippen molar-refractivity contribution in [1.82, 2.24) is 15.2 Å². The van der Waals surface area contributed by atoms with Gasteiger partial charge in [0.25, 0.3) is 5.91 Å². The number of hydrogen-bond donors (Lipinski definition) is 2. The number of para-hydroxylation sites is 1. The van der Waals surface area contributed by atoms with Crippen molar-refractivity contribution in [2.45, 2.75) is 26.2 Å². The van der Waals surface area contributed by atoms with E-state index in [1.54, 1.807) is 0 Å². The first kappa shape index (κ1) is 14.0. The van der Waals surface area contributed by atoms with Gasteiger partial charge in [0.05, 0.1) is 0 Å². The molecule has 0 saturated carbocycles. The van der Waals surface area contributed by atoms with Crippen molar-refractivity contribution in [3.05, 3.63) is 36.2 Å². The summed E-state index contributed by atoms with van der Waals surface area (Å²) in [5.74, 6) is 1.17. The number of nitrogens with one attached hydrogen (secondary N) is 2. The van der Waals surface area contributed by atoms with E-state index in [9.17, 15) is 4.79 Å². The van der Waals surface area contributed by atoms with E-state index in [1.165, 1.54) is 6.33 Å². The second-order valence-corrected chi connectivity index (χ2v) is 4.52. The molecule has 0 saturated heterocycles. The minimum absolute atomic E-state index is 0.0614. The first-order valence-corrected chi connectivity index (χ1v) is 6.57. The first-order valence-electron chi connectivity index (χ1n) is 6.57. The molecule has 0 aliphatic carbocycles. The highest BCUT2D eigenvalue weighted by atomic mass is 16.5. The third kappa shape index (κ3) is 3.57. The van der Waals surface area contributed by atoms with Crippen LogP contribution in [0.15, 0.2) is 30.6 Å². The van der Waals surface area contributed by atoms with Crippen molar-refractivity contribution in [3.63, 3.8) is 0 Å². The predicted molar refractivity (Wildman–Crippen MR) is 75.7 cm³/mol. The van der Waals surface area contributed by atoms with Crippen LogP contribution in [0.2, 0.25) is 0 Å². The fraction of sp³-hybridized carbons (Fsp3) is 0.357. The Hall–Kier alpha value is -2.37. The lowest BCUT2D eigenvalue weighted by atomic mass is 9.98. The molecular formula is C14H18N4O2. The van der Waals surface area contributed by atoms with Crippen LogP contribution in [0.5, 0.6) is 5.75 Å². The van der Waals surface area contributed by atoms with Crippen LogP contribution in [0.3, 0.4) is 0 Å². The number of ether oxygens (including phenoxy) is 1. The van der Waals surface area contributed by atoms with Crippen LogP contribution < -0.4 is 10.1 Å². The van der Waals surface area contributed by atoms with Crippen LogP contribution in [0, 0.1) is 0 Å². The van der Waals surface area contributed by atoms with Crippen molar-refractivity contribution in [1.29, 1.82) is 0 Å². The molecular weight excluding hydrogens is 256 g/mol. The van der Waals surface area contributed by atoms with Gasteiger partial charge in [0.2, 0.25) is 5.95 Å². The van der Waals surface area contributed by atoms with Gasteiger partial charge in [0.1, 0.15) is 12.1 Å². The van der Waals surface area contributed by atoms with Crippen molar-refractivity contribution in [2.75, 3.05) is 11.9 Å². The summed E-state index contributed by atoms with van der Waals surface area (Å²) in [7, 11) is 0. The molecule has 0 bridgehead atoms. The number of H-pyrrole nitrogens is 1. The number of benzene rings is 1. The minimum Gasteiger partial charge on any atom is -0.483 e. The molecule has 2 aromatic rings. The number of amides is 1. The molecule has 6 heteroatoms. The second kappa shape index (κ2) is 6.70. The summed E-state index contributed by atoms with van der Waals surface area (Å²) in [6, 6.07) is 7.78. The normalized spacial score (nSPS) is 11.9. The van der Waals surface area contributed by atoms with Crippen molar-refractivity contribution in [3.8, 4) is 5.75 Å². The van der Waals surface area contributed by atoms with E-state index < -0.39 is 0 Å². The maximum absolute atomic E-state index is 11.7. The molecule has 106 valence electrons. The molecule has 0 aliphatic heterocycles. The zero-order chi connectivity index (χ0) is 14.4. The van der Waals surface area contributed by atoms with Crippen LogP contribution in [0.4, 0.5) is 5.95 Å². The lowest BCUT2D eigenvalue weighted by Crippen LogP contribution is -2.21. The predicted octanol–water partition coefficient (Wildman–Crippen LogP) is 2.34. The monoisotopic (exact) mass is 274 g/mol. The van der Waals surface area contributed by atoms with E-state index in [4.69, 9.17) is 4.74 Å². The van der Waals surface area contributed by atoms with Crippen molar-refractivity contribution >= 4 is 11.9 Å². The smallest absolute Gasteiger partial charge is 0.264 e. The number of hydrogen-bond acceptors (Lipinski definition) is 4. The van der Waals surface area contributed by atoms with E-state index in [2.05, 4.69) is 34.3 Å². The summed E-state index contributed by atoms with van der Waals surface area (Å²) in [5, 5.41) is 8.77. The van der Waals surface area contributed by atoms with Crippen molar-refractivity contribution < 1.29 is 9.53 Å². The Labute approximate surface area is 117 Å². The Kier molecular flexibility index (Phi) is 4.70. The molecule has 2 N–H and O–H groups in total. The fourth-order valence-corrected chi connectivity index (χ4v) is 1.82. The van der Waals surface area contributed by atoms with Gasteiger partial charge in [-0.25, -0.2) is 5.10 Å². The zero-order valence-electron chi connectivity index (χ0n) is 11.6. The van der Waals surface area contributed by atoms with Crippen LogP contribution >= 0.6 is 0 Å². The molecule has 0 radical (unpaired) electrons. The van der Waals surface area contributed by atoms with Gasteiger partial charge in [-0.15, -0.1) is 0 Å². The van der Waals surface area contributed by atoms with E-state index >= 15 is 0 Å². The molecule has 1 heterocycles. The molecule has 20 heavy (non-hydrogen) atoms. The van der Waals surface area contributed by atoms with E-state index in [0.717, 1.165) is 17.7 Å². The Morgan fingerprint density at radius 3 is 2.95 bits per heavy atom. The van der Waals surface area contributed by atoms with Gasteiger partial charge in [0, 0.05) is 0 Å². The Balaban J connectivity index is 1.95. The number of carbonyl (C=O) groups is 1. The average molecular weight is 274 g/mol. The van der Waals surface area contributed by atoms with E-state index in [-0.39, 0.29) is 12.5 Å². The molecule has 0 spiro atoms. The Morgan fingerprint density at radius 2 is 2.25 bits per heavy atom. The summed E-state index contributed by atoms with van der Waals surface area (Å²) in [4.78, 5) is 15.5. The SMILES string of the molecule is CCC(C)c1ccccc1OCC(=O)Nc1ncn[nH]1. The van der Waals surface area contributed by atoms with Gasteiger partial charge < -0.3 is 4.74 Å². The minimum atomic E-state index is -0.277. The number of carbonyl (C=O) groups excluding carboxylic acids is 1. The van der Waals surface area contributed by atoms with Crippen LogP contribution in [0.25, 0.3) is 0 Å². The van der Waals surface area contributed by atoms with Crippen molar-refractivity contribution in [2.24, 2.45) is 0 Å². The number of nitrogens with zero attached hydrogens (tertiary/aromatic N) is 2. The molecule has 1 aromatic carbocycles. The lowest BCUT2D eigenvalue weighted by Gasteiger charge is -2.15. The Bertz CT molecular complexity index is 554. The van der Waals surface area contributed by atoms with Crippen LogP contribution in [0.1, 0.15) is 31.7 Å². The van der Waals surface area contributed by atoms with Gasteiger partial charge in [-0.1, -0.05) is 32.0 Å². The maximum atomic E-state index is 11.7. The number of aromatic amines is 1. The zero-order valence-corrected chi connectivity index (χ0v) is 11.6. The number of rotatable bonds is 6. The molecule has 2 rings (SSSR count). The van der Waals surface area contributed by atoms with Crippen LogP contribution in [-0.4, -0.2) is 27.7 Å².